The molecule has 34 valence electrons. The molecule has 5 heteroatoms. The third-order valence-corrected chi connectivity index (χ3v) is 0. The van der Waals surface area contributed by atoms with Gasteiger partial charge in [0.25, 0.3) is 0 Å². The first-order valence-corrected chi connectivity index (χ1v) is 0. The summed E-state index contributed by atoms with van der Waals surface area (Å²) < 4.78 is 0. The Kier molecular flexibility index (Phi) is 226. The molecular formula is H5AlAuCuMgZn. The second-order valence-electron chi connectivity index (χ2n) is 0. The Labute approximate surface area is 97.6 Å². The summed E-state index contributed by atoms with van der Waals surface area (Å²) in [6, 6.07) is 0. The van der Waals surface area contributed by atoms with Gasteiger partial charge >= 0.3 is 23.1 Å². The summed E-state index contributed by atoms with van der Waals surface area (Å²) in [5, 5.41) is 0. The van der Waals surface area contributed by atoms with Crippen molar-refractivity contribution in [3.05, 3.63) is 0 Å². The second-order valence-corrected chi connectivity index (χ2v) is 0. The summed E-state index contributed by atoms with van der Waals surface area (Å²) in [5.74, 6) is 0. The van der Waals surface area contributed by atoms with E-state index in [1.54, 1.807) is 0 Å². The average molecular weight is 382 g/mol. The molecular weight excluding hydrogens is 377 g/mol. The van der Waals surface area contributed by atoms with Gasteiger partial charge in [0.05, 0.1) is 0 Å². The normalized spacial score (nSPS) is 0. The van der Waals surface area contributed by atoms with Gasteiger partial charge in [-0.25, -0.2) is 0 Å². The van der Waals surface area contributed by atoms with Crippen molar-refractivity contribution in [2.75, 3.05) is 0 Å². The predicted octanol–water partition coefficient (Wildman–Crippen LogP) is -2.11. The standard InChI is InChI=1S/Al.Au.Cu.Mg.Zn.5H. The van der Waals surface area contributed by atoms with E-state index in [0.717, 1.165) is 0 Å². The van der Waals surface area contributed by atoms with E-state index >= 15 is 0 Å². The molecule has 0 aromatic carbocycles. The molecule has 0 atom stereocenters. The first-order chi connectivity index (χ1) is 0. The van der Waals surface area contributed by atoms with Crippen LogP contribution in [0.5, 0.6) is 0 Å². The van der Waals surface area contributed by atoms with E-state index < -0.39 is 0 Å². The maximum absolute atomic E-state index is 0. The molecule has 0 saturated carbocycles. The smallest absolute Gasteiger partial charge is 0 e. The third-order valence-electron chi connectivity index (χ3n) is 0. The molecule has 0 nitrogen and oxygen atoms in total. The Morgan fingerprint density at radius 1 is 1.00 bits per heavy atom. The summed E-state index contributed by atoms with van der Waals surface area (Å²) in [6.45, 7) is 0. The first kappa shape index (κ1) is 41.7. The van der Waals surface area contributed by atoms with Crippen LogP contribution < -0.4 is 0 Å². The molecule has 2 radical (unpaired) electrons. The zero-order valence-corrected chi connectivity index (χ0v) is 7.39. The van der Waals surface area contributed by atoms with Gasteiger partial charge in [-0.2, -0.15) is 0 Å². The fraction of sp³-hybridized carbons (Fsp3) is 0. The van der Waals surface area contributed by atoms with Crippen LogP contribution >= 0.6 is 0 Å². The summed E-state index contributed by atoms with van der Waals surface area (Å²) in [7, 11) is 0. The molecule has 0 saturated heterocycles. The zero-order chi connectivity index (χ0) is 0. The maximum Gasteiger partial charge on any atom is 0.316 e. The Bertz CT molecular complexity index is 11.6. The van der Waals surface area contributed by atoms with Crippen LogP contribution in [0.25, 0.3) is 0 Å². The van der Waals surface area contributed by atoms with Gasteiger partial charge in [-0.05, 0) is 0 Å². The van der Waals surface area contributed by atoms with E-state index in [9.17, 15) is 0 Å². The fourth-order valence-electron chi connectivity index (χ4n) is 0. The minimum Gasteiger partial charge on any atom is 0 e. The van der Waals surface area contributed by atoms with Crippen molar-refractivity contribution in [1.29, 1.82) is 0 Å². The van der Waals surface area contributed by atoms with Gasteiger partial charge in [0.1, 0.15) is 0 Å². The van der Waals surface area contributed by atoms with E-state index in [0.29, 0.717) is 0 Å². The SMILES string of the molecule is [AlH3].[Au].[Cu].[MgH2].[Zn]. The van der Waals surface area contributed by atoms with Gasteiger partial charge in [-0.3, -0.25) is 0 Å². The Morgan fingerprint density at radius 2 is 1.00 bits per heavy atom. The molecule has 0 fully saturated rings. The van der Waals surface area contributed by atoms with Crippen LogP contribution in [0.1, 0.15) is 0 Å². The van der Waals surface area contributed by atoms with Crippen molar-refractivity contribution in [3.8, 4) is 0 Å². The van der Waals surface area contributed by atoms with Crippen molar-refractivity contribution >= 4 is 40.4 Å². The largest absolute Gasteiger partial charge is 0.316 e. The van der Waals surface area contributed by atoms with E-state index in [2.05, 4.69) is 0 Å². The summed E-state index contributed by atoms with van der Waals surface area (Å²) in [5.41, 5.74) is 0. The molecule has 0 aromatic rings. The van der Waals surface area contributed by atoms with Crippen molar-refractivity contribution in [1.82, 2.24) is 0 Å². The summed E-state index contributed by atoms with van der Waals surface area (Å²) in [6.07, 6.45) is 0. The Balaban J connectivity index is 0. The van der Waals surface area contributed by atoms with E-state index in [1.807, 2.05) is 0 Å². The van der Waals surface area contributed by atoms with Crippen molar-refractivity contribution in [2.24, 2.45) is 0 Å². The van der Waals surface area contributed by atoms with Crippen LogP contribution in [-0.4, -0.2) is 40.4 Å². The van der Waals surface area contributed by atoms with Crippen molar-refractivity contribution in [2.45, 2.75) is 0 Å². The van der Waals surface area contributed by atoms with Gasteiger partial charge < -0.3 is 0 Å². The molecule has 5 heavy (non-hydrogen) atoms. The molecule has 0 spiro atoms. The minimum absolute atomic E-state index is 0. The molecule has 0 unspecified atom stereocenters. The van der Waals surface area contributed by atoms with Crippen LogP contribution in [0, 0.1) is 0 Å². The van der Waals surface area contributed by atoms with Gasteiger partial charge in [-0.15, -0.1) is 0 Å². The van der Waals surface area contributed by atoms with Gasteiger partial charge in [0.15, 0.2) is 17.4 Å². The number of rotatable bonds is 0. The van der Waals surface area contributed by atoms with Gasteiger partial charge in [0.2, 0.25) is 0 Å². The molecule has 0 aromatic heterocycles. The topological polar surface area (TPSA) is 0 Å². The Morgan fingerprint density at radius 3 is 1.00 bits per heavy atom. The van der Waals surface area contributed by atoms with Crippen LogP contribution in [0.15, 0.2) is 0 Å². The van der Waals surface area contributed by atoms with E-state index in [4.69, 9.17) is 0 Å². The zero-order valence-electron chi connectivity index (χ0n) is 1.31. The minimum atomic E-state index is 0. The molecule has 0 aliphatic rings. The molecule has 0 N–H and O–H groups in total. The predicted molar refractivity (Wildman–Crippen MR) is 18.5 cm³/mol. The van der Waals surface area contributed by atoms with Crippen molar-refractivity contribution < 1.29 is 58.9 Å². The molecule has 0 rings (SSSR count). The van der Waals surface area contributed by atoms with Crippen LogP contribution in [0.3, 0.4) is 0 Å². The Hall–Kier alpha value is 3.18. The van der Waals surface area contributed by atoms with Crippen LogP contribution in [0.4, 0.5) is 0 Å². The molecule has 0 amide bonds. The average Bonchev–Trinajstić information content (AvgIpc) is 0. The van der Waals surface area contributed by atoms with Crippen LogP contribution in [-0.2, 0) is 58.9 Å². The summed E-state index contributed by atoms with van der Waals surface area (Å²) in [4.78, 5) is 0. The fourth-order valence-corrected chi connectivity index (χ4v) is 0. The monoisotopic (exact) mass is 380 g/mol. The van der Waals surface area contributed by atoms with Gasteiger partial charge in [0, 0.05) is 58.9 Å². The maximum atomic E-state index is 0. The van der Waals surface area contributed by atoms with Gasteiger partial charge in [-0.1, -0.05) is 0 Å². The molecule has 0 aliphatic carbocycles. The molecule has 0 heterocycles. The molecule has 0 aliphatic heterocycles. The molecule has 0 bridgehead atoms. The second kappa shape index (κ2) is 27.1. The van der Waals surface area contributed by atoms with Crippen LogP contribution in [0.2, 0.25) is 0 Å². The number of hydrogen-bond acceptors (Lipinski definition) is 0. The van der Waals surface area contributed by atoms with E-state index in [-0.39, 0.29) is 99.3 Å². The summed E-state index contributed by atoms with van der Waals surface area (Å²) >= 11 is 0. The first-order valence-electron chi connectivity index (χ1n) is 0. The quantitative estimate of drug-likeness (QED) is 0.421. The van der Waals surface area contributed by atoms with Crippen molar-refractivity contribution in [3.63, 3.8) is 0 Å². The number of hydrogen-bond donors (Lipinski definition) is 0. The third kappa shape index (κ3) is 19.0. The van der Waals surface area contributed by atoms with E-state index in [1.165, 1.54) is 0 Å².